The SMILES string of the molecule is CS(=O)(=O)NC(CCC1(CN)CCCC1)S(=O)(=O)NCCC1(CN)CCCC1. The van der Waals surface area contributed by atoms with Gasteiger partial charge in [0.05, 0.1) is 6.26 Å². The Kier molecular flexibility index (Phi) is 8.32. The molecule has 1 atom stereocenters. The fourth-order valence-electron chi connectivity index (χ4n) is 4.87. The van der Waals surface area contributed by atoms with E-state index in [-0.39, 0.29) is 23.8 Å². The van der Waals surface area contributed by atoms with Gasteiger partial charge in [-0.1, -0.05) is 25.7 Å². The lowest BCUT2D eigenvalue weighted by Crippen LogP contribution is -2.47. The zero-order valence-corrected chi connectivity index (χ0v) is 18.7. The molecular weight excluding hydrogens is 400 g/mol. The molecule has 0 aromatic carbocycles. The molecule has 2 saturated carbocycles. The Hall–Kier alpha value is -0.260. The third-order valence-corrected chi connectivity index (χ3v) is 9.38. The summed E-state index contributed by atoms with van der Waals surface area (Å²) in [5.41, 5.74) is 11.8. The van der Waals surface area contributed by atoms with E-state index in [0.29, 0.717) is 25.9 Å². The maximum absolute atomic E-state index is 12.9. The van der Waals surface area contributed by atoms with E-state index in [9.17, 15) is 16.8 Å². The van der Waals surface area contributed by atoms with Crippen LogP contribution in [-0.4, -0.2) is 48.1 Å². The highest BCUT2D eigenvalue weighted by molar-refractivity contribution is 7.93. The molecule has 2 fully saturated rings. The third-order valence-electron chi connectivity index (χ3n) is 6.81. The Morgan fingerprint density at radius 1 is 0.857 bits per heavy atom. The van der Waals surface area contributed by atoms with Gasteiger partial charge in [-0.2, -0.15) is 4.72 Å². The van der Waals surface area contributed by atoms with Gasteiger partial charge in [0.2, 0.25) is 20.0 Å². The summed E-state index contributed by atoms with van der Waals surface area (Å²) >= 11 is 0. The lowest BCUT2D eigenvalue weighted by atomic mass is 9.82. The first kappa shape index (κ1) is 24.0. The molecule has 1 unspecified atom stereocenters. The molecule has 8 nitrogen and oxygen atoms in total. The lowest BCUT2D eigenvalue weighted by Gasteiger charge is -2.30. The number of rotatable bonds is 12. The van der Waals surface area contributed by atoms with Crippen molar-refractivity contribution in [2.24, 2.45) is 22.3 Å². The summed E-state index contributed by atoms with van der Waals surface area (Å²) in [5.74, 6) is 0. The van der Waals surface area contributed by atoms with E-state index in [1.165, 1.54) is 0 Å². The van der Waals surface area contributed by atoms with Gasteiger partial charge in [0, 0.05) is 6.54 Å². The van der Waals surface area contributed by atoms with Crippen molar-refractivity contribution in [1.82, 2.24) is 9.44 Å². The second-order valence-corrected chi connectivity index (χ2v) is 12.7. The highest BCUT2D eigenvalue weighted by Gasteiger charge is 2.37. The standard InChI is InChI=1S/C18H38N4O4S2/c1-27(23,24)22-16(6-11-17(14-19)7-2-3-8-17)28(25,26)21-13-12-18(15-20)9-4-5-10-18/h16,21-22H,2-15,19-20H2,1H3. The molecule has 0 aromatic heterocycles. The fraction of sp³-hybridized carbons (Fsp3) is 1.00. The maximum atomic E-state index is 12.9. The van der Waals surface area contributed by atoms with Crippen LogP contribution in [0, 0.1) is 10.8 Å². The molecule has 28 heavy (non-hydrogen) atoms. The van der Waals surface area contributed by atoms with Crippen LogP contribution >= 0.6 is 0 Å². The highest BCUT2D eigenvalue weighted by atomic mass is 32.2. The summed E-state index contributed by atoms with van der Waals surface area (Å²) in [4.78, 5) is 0. The second kappa shape index (κ2) is 9.70. The molecule has 0 heterocycles. The van der Waals surface area contributed by atoms with Crippen LogP contribution in [0.25, 0.3) is 0 Å². The van der Waals surface area contributed by atoms with Gasteiger partial charge >= 0.3 is 0 Å². The van der Waals surface area contributed by atoms with Crippen LogP contribution in [0.1, 0.15) is 70.6 Å². The van der Waals surface area contributed by atoms with Crippen LogP contribution < -0.4 is 20.9 Å². The van der Waals surface area contributed by atoms with Crippen molar-refractivity contribution in [3.63, 3.8) is 0 Å². The van der Waals surface area contributed by atoms with Gasteiger partial charge in [0.15, 0.2) is 0 Å². The van der Waals surface area contributed by atoms with Crippen LogP contribution in [0.2, 0.25) is 0 Å². The number of hydrogen-bond donors (Lipinski definition) is 4. The maximum Gasteiger partial charge on any atom is 0.228 e. The molecule has 0 amide bonds. The first-order chi connectivity index (χ1) is 13.1. The van der Waals surface area contributed by atoms with Crippen LogP contribution in [0.3, 0.4) is 0 Å². The van der Waals surface area contributed by atoms with Crippen molar-refractivity contribution in [3.05, 3.63) is 0 Å². The minimum absolute atomic E-state index is 0.00966. The fourth-order valence-corrected chi connectivity index (χ4v) is 7.52. The summed E-state index contributed by atoms with van der Waals surface area (Å²) in [6.45, 7) is 1.34. The molecule has 0 bridgehead atoms. The average molecular weight is 439 g/mol. The van der Waals surface area contributed by atoms with Crippen LogP contribution in [0.15, 0.2) is 0 Å². The largest absolute Gasteiger partial charge is 0.330 e. The Bertz CT molecular complexity index is 697. The zero-order valence-electron chi connectivity index (χ0n) is 17.1. The second-order valence-electron chi connectivity index (χ2n) is 8.93. The van der Waals surface area contributed by atoms with E-state index < -0.39 is 25.4 Å². The van der Waals surface area contributed by atoms with Crippen molar-refractivity contribution < 1.29 is 16.8 Å². The zero-order chi connectivity index (χ0) is 20.9. The third kappa shape index (κ3) is 6.63. The average Bonchev–Trinajstić information content (AvgIpc) is 3.28. The van der Waals surface area contributed by atoms with Crippen LogP contribution in [0.4, 0.5) is 0 Å². The van der Waals surface area contributed by atoms with E-state index in [0.717, 1.165) is 57.6 Å². The van der Waals surface area contributed by atoms with E-state index in [1.54, 1.807) is 0 Å². The predicted molar refractivity (Wildman–Crippen MR) is 112 cm³/mol. The van der Waals surface area contributed by atoms with E-state index >= 15 is 0 Å². The van der Waals surface area contributed by atoms with Crippen LogP contribution in [-0.2, 0) is 20.0 Å². The Morgan fingerprint density at radius 3 is 1.75 bits per heavy atom. The molecule has 6 N–H and O–H groups in total. The molecule has 0 aliphatic heterocycles. The summed E-state index contributed by atoms with van der Waals surface area (Å²) in [5, 5.41) is -1.18. The summed E-state index contributed by atoms with van der Waals surface area (Å²) in [7, 11) is -7.49. The molecule has 166 valence electrons. The molecular formula is C18H38N4O4S2. The van der Waals surface area contributed by atoms with Crippen LogP contribution in [0.5, 0.6) is 0 Å². The predicted octanol–water partition coefficient (Wildman–Crippen LogP) is 0.990. The van der Waals surface area contributed by atoms with Crippen molar-refractivity contribution in [2.75, 3.05) is 25.9 Å². The Balaban J connectivity index is 2.01. The summed E-state index contributed by atoms with van der Waals surface area (Å²) < 4.78 is 54.2. The molecule has 2 aliphatic carbocycles. The summed E-state index contributed by atoms with van der Waals surface area (Å²) in [6.07, 6.45) is 10.9. The molecule has 10 heteroatoms. The van der Waals surface area contributed by atoms with Gasteiger partial charge in [-0.3, -0.25) is 0 Å². The van der Waals surface area contributed by atoms with Crippen molar-refractivity contribution in [3.8, 4) is 0 Å². The molecule has 0 saturated heterocycles. The van der Waals surface area contributed by atoms with Gasteiger partial charge < -0.3 is 11.5 Å². The van der Waals surface area contributed by atoms with E-state index in [2.05, 4.69) is 9.44 Å². The summed E-state index contributed by atoms with van der Waals surface area (Å²) in [6, 6.07) is 0. The molecule has 0 radical (unpaired) electrons. The molecule has 2 rings (SSSR count). The monoisotopic (exact) mass is 438 g/mol. The quantitative estimate of drug-likeness (QED) is 0.357. The number of nitrogens with one attached hydrogen (secondary N) is 2. The normalized spacial score (nSPS) is 23.1. The Morgan fingerprint density at radius 2 is 1.32 bits per heavy atom. The number of sulfonamides is 2. The van der Waals surface area contributed by atoms with Gasteiger partial charge in [0.1, 0.15) is 5.37 Å². The molecule has 0 spiro atoms. The Labute approximate surface area is 170 Å². The highest BCUT2D eigenvalue weighted by Crippen LogP contribution is 2.42. The topological polar surface area (TPSA) is 144 Å². The molecule has 0 aromatic rings. The van der Waals surface area contributed by atoms with Gasteiger partial charge in [-0.05, 0) is 68.9 Å². The van der Waals surface area contributed by atoms with E-state index in [1.807, 2.05) is 0 Å². The number of hydrogen-bond acceptors (Lipinski definition) is 6. The van der Waals surface area contributed by atoms with Crippen molar-refractivity contribution >= 4 is 20.0 Å². The minimum Gasteiger partial charge on any atom is -0.330 e. The smallest absolute Gasteiger partial charge is 0.228 e. The van der Waals surface area contributed by atoms with E-state index in [4.69, 9.17) is 11.5 Å². The van der Waals surface area contributed by atoms with Gasteiger partial charge in [-0.25, -0.2) is 21.6 Å². The van der Waals surface area contributed by atoms with Crippen molar-refractivity contribution in [1.29, 1.82) is 0 Å². The number of nitrogens with two attached hydrogens (primary N) is 2. The minimum atomic E-state index is -3.83. The van der Waals surface area contributed by atoms with Crippen molar-refractivity contribution in [2.45, 2.75) is 76.0 Å². The lowest BCUT2D eigenvalue weighted by molar-refractivity contribution is 0.271. The van der Waals surface area contributed by atoms with Gasteiger partial charge in [0.25, 0.3) is 0 Å². The van der Waals surface area contributed by atoms with Gasteiger partial charge in [-0.15, -0.1) is 0 Å². The molecule has 2 aliphatic rings. The first-order valence-electron chi connectivity index (χ1n) is 10.4. The first-order valence-corrected chi connectivity index (χ1v) is 13.9.